The van der Waals surface area contributed by atoms with Crippen LogP contribution in [0.2, 0.25) is 0 Å². The van der Waals surface area contributed by atoms with Crippen LogP contribution in [0.3, 0.4) is 0 Å². The maximum atomic E-state index is 12.0. The van der Waals surface area contributed by atoms with Gasteiger partial charge in [0, 0.05) is 0 Å². The molecule has 112 valence electrons. The molecular weight excluding hydrogens is 286 g/mol. The lowest BCUT2D eigenvalue weighted by Crippen LogP contribution is -2.26. The van der Waals surface area contributed by atoms with Crippen molar-refractivity contribution in [3.63, 3.8) is 0 Å². The highest BCUT2D eigenvalue weighted by Crippen LogP contribution is 2.24. The van der Waals surface area contributed by atoms with E-state index < -0.39 is 16.0 Å². The van der Waals surface area contributed by atoms with E-state index in [4.69, 9.17) is 14.7 Å². The van der Waals surface area contributed by atoms with E-state index in [9.17, 15) is 13.2 Å². The highest BCUT2D eigenvalue weighted by atomic mass is 32.2. The molecule has 1 aromatic rings. The lowest BCUT2D eigenvalue weighted by molar-refractivity contribution is 0.0695. The molecule has 0 atom stereocenters. The average Bonchev–Trinajstić information content (AvgIpc) is 2.37. The third-order valence-electron chi connectivity index (χ3n) is 2.29. The fraction of sp³-hybridized carbons (Fsp3) is 0.417. The van der Waals surface area contributed by atoms with E-state index in [-0.39, 0.29) is 28.7 Å². The molecule has 0 unspecified atom stereocenters. The zero-order valence-electron chi connectivity index (χ0n) is 11.4. The summed E-state index contributed by atoms with van der Waals surface area (Å²) in [6.07, 6.45) is 0. The molecule has 0 aliphatic rings. The number of rotatable bonds is 7. The topological polar surface area (TPSA) is 102 Å². The van der Waals surface area contributed by atoms with Gasteiger partial charge < -0.3 is 9.84 Å². The number of ether oxygens (including phenoxy) is 1. The largest absolute Gasteiger partial charge is 0.495 e. The highest BCUT2D eigenvalue weighted by Gasteiger charge is 2.21. The number of hydrogen-bond acceptors (Lipinski definition) is 5. The van der Waals surface area contributed by atoms with Crippen LogP contribution in [0.25, 0.3) is 0 Å². The summed E-state index contributed by atoms with van der Waals surface area (Å²) in [5.74, 6) is -1.07. The van der Waals surface area contributed by atoms with Gasteiger partial charge in [-0.1, -0.05) is 18.7 Å². The first-order valence-electron chi connectivity index (χ1n) is 5.83. The summed E-state index contributed by atoms with van der Waals surface area (Å²) in [6, 6.07) is 3.48. The molecule has 0 bridgehead atoms. The molecular formula is C12H17NO6S. The minimum atomic E-state index is -3.93. The lowest BCUT2D eigenvalue weighted by Gasteiger charge is -2.12. The van der Waals surface area contributed by atoms with Crippen molar-refractivity contribution in [3.05, 3.63) is 23.8 Å². The molecule has 0 aliphatic carbocycles. The van der Waals surface area contributed by atoms with Crippen LogP contribution in [-0.2, 0) is 14.9 Å². The van der Waals surface area contributed by atoms with E-state index in [0.29, 0.717) is 0 Å². The van der Waals surface area contributed by atoms with Gasteiger partial charge in [0.05, 0.1) is 19.3 Å². The predicted molar refractivity (Wildman–Crippen MR) is 71.1 cm³/mol. The van der Waals surface area contributed by atoms with Crippen molar-refractivity contribution in [3.8, 4) is 5.75 Å². The first-order chi connectivity index (χ1) is 9.27. The van der Waals surface area contributed by atoms with Crippen molar-refractivity contribution in [1.29, 1.82) is 0 Å². The number of methoxy groups -OCH3 is 1. The molecule has 8 heteroatoms. The molecule has 0 amide bonds. The van der Waals surface area contributed by atoms with Crippen LogP contribution in [0.5, 0.6) is 5.75 Å². The predicted octanol–water partition coefficient (Wildman–Crippen LogP) is 1.26. The monoisotopic (exact) mass is 303 g/mol. The van der Waals surface area contributed by atoms with Crippen molar-refractivity contribution in [2.75, 3.05) is 13.7 Å². The molecule has 0 heterocycles. The molecule has 0 radical (unpaired) electrons. The number of carboxylic acids is 1. The van der Waals surface area contributed by atoms with Crippen molar-refractivity contribution in [2.45, 2.75) is 18.7 Å². The van der Waals surface area contributed by atoms with E-state index >= 15 is 0 Å². The summed E-state index contributed by atoms with van der Waals surface area (Å²) in [5, 5.41) is 8.86. The lowest BCUT2D eigenvalue weighted by atomic mass is 10.2. The third-order valence-corrected chi connectivity index (χ3v) is 3.54. The summed E-state index contributed by atoms with van der Waals surface area (Å²) >= 11 is 0. The standard InChI is InChI=1S/C12H17NO6S/c1-8(2)7-19-13-20(16,17)11-5-4-9(12(14)15)6-10(11)18-3/h4-6,8,13H,7H2,1-3H3,(H,14,15). The van der Waals surface area contributed by atoms with Gasteiger partial charge in [-0.05, 0) is 24.1 Å². The Bertz CT molecular complexity index is 582. The van der Waals surface area contributed by atoms with Crippen molar-refractivity contribution < 1.29 is 27.9 Å². The van der Waals surface area contributed by atoms with E-state index in [0.717, 1.165) is 12.1 Å². The van der Waals surface area contributed by atoms with Crippen LogP contribution in [0.4, 0.5) is 0 Å². The van der Waals surface area contributed by atoms with Crippen LogP contribution in [0.15, 0.2) is 23.1 Å². The second-order valence-corrected chi connectivity index (χ2v) is 6.08. The number of aromatic carboxylic acids is 1. The fourth-order valence-electron chi connectivity index (χ4n) is 1.35. The SMILES string of the molecule is COc1cc(C(=O)O)ccc1S(=O)(=O)NOCC(C)C. The van der Waals surface area contributed by atoms with Crippen LogP contribution < -0.4 is 9.62 Å². The number of carboxylic acid groups (broad SMARTS) is 1. The zero-order valence-corrected chi connectivity index (χ0v) is 12.2. The first-order valence-corrected chi connectivity index (χ1v) is 7.31. The molecule has 1 rings (SSSR count). The van der Waals surface area contributed by atoms with Gasteiger partial charge in [0.25, 0.3) is 10.0 Å². The van der Waals surface area contributed by atoms with E-state index in [2.05, 4.69) is 0 Å². The Labute approximate surface area is 117 Å². The second kappa shape index (κ2) is 6.69. The summed E-state index contributed by atoms with van der Waals surface area (Å²) in [5.41, 5.74) is -0.0658. The summed E-state index contributed by atoms with van der Waals surface area (Å²) in [6.45, 7) is 3.96. The molecule has 0 saturated carbocycles. The van der Waals surface area contributed by atoms with E-state index in [1.165, 1.54) is 13.2 Å². The van der Waals surface area contributed by atoms with Gasteiger partial charge in [-0.15, -0.1) is 0 Å². The Kier molecular flexibility index (Phi) is 5.49. The van der Waals surface area contributed by atoms with Crippen molar-refractivity contribution in [2.24, 2.45) is 5.92 Å². The Balaban J connectivity index is 3.02. The quantitative estimate of drug-likeness (QED) is 0.735. The van der Waals surface area contributed by atoms with Gasteiger partial charge in [-0.2, -0.15) is 0 Å². The normalized spacial score (nSPS) is 11.6. The highest BCUT2D eigenvalue weighted by molar-refractivity contribution is 7.89. The molecule has 0 aromatic heterocycles. The van der Waals surface area contributed by atoms with Gasteiger partial charge in [0.1, 0.15) is 10.6 Å². The number of carbonyl (C=O) groups is 1. The molecule has 0 aliphatic heterocycles. The molecule has 1 aromatic carbocycles. The Morgan fingerprint density at radius 1 is 1.40 bits per heavy atom. The van der Waals surface area contributed by atoms with Crippen LogP contribution >= 0.6 is 0 Å². The van der Waals surface area contributed by atoms with Gasteiger partial charge in [-0.25, -0.2) is 13.2 Å². The van der Waals surface area contributed by atoms with E-state index in [1.54, 1.807) is 0 Å². The third kappa shape index (κ3) is 4.19. The van der Waals surface area contributed by atoms with Gasteiger partial charge >= 0.3 is 5.97 Å². The Hall–Kier alpha value is -1.64. The van der Waals surface area contributed by atoms with Crippen LogP contribution in [0.1, 0.15) is 24.2 Å². The molecule has 0 saturated heterocycles. The minimum absolute atomic E-state index is 0.0643. The maximum absolute atomic E-state index is 12.0. The molecule has 2 N–H and O–H groups in total. The van der Waals surface area contributed by atoms with E-state index in [1.807, 2.05) is 18.7 Å². The Morgan fingerprint density at radius 2 is 2.05 bits per heavy atom. The van der Waals surface area contributed by atoms with Crippen LogP contribution in [-0.4, -0.2) is 33.2 Å². The number of sulfonamides is 1. The second-order valence-electron chi connectivity index (χ2n) is 4.46. The smallest absolute Gasteiger partial charge is 0.335 e. The summed E-state index contributed by atoms with van der Waals surface area (Å²) < 4.78 is 28.9. The molecule has 7 nitrogen and oxygen atoms in total. The minimum Gasteiger partial charge on any atom is -0.495 e. The fourth-order valence-corrected chi connectivity index (χ4v) is 2.31. The molecule has 0 spiro atoms. The average molecular weight is 303 g/mol. The zero-order chi connectivity index (χ0) is 15.3. The van der Waals surface area contributed by atoms with Gasteiger partial charge in [0.15, 0.2) is 0 Å². The van der Waals surface area contributed by atoms with Crippen molar-refractivity contribution in [1.82, 2.24) is 4.89 Å². The number of hydrogen-bond donors (Lipinski definition) is 2. The van der Waals surface area contributed by atoms with Gasteiger partial charge in [-0.3, -0.25) is 4.84 Å². The maximum Gasteiger partial charge on any atom is 0.335 e. The van der Waals surface area contributed by atoms with Crippen LogP contribution in [0, 0.1) is 5.92 Å². The van der Waals surface area contributed by atoms with Gasteiger partial charge in [0.2, 0.25) is 0 Å². The first kappa shape index (κ1) is 16.4. The summed E-state index contributed by atoms with van der Waals surface area (Å²) in [4.78, 5) is 17.5. The number of nitrogens with one attached hydrogen (secondary N) is 1. The number of benzene rings is 1. The Morgan fingerprint density at radius 3 is 2.55 bits per heavy atom. The molecule has 20 heavy (non-hydrogen) atoms. The van der Waals surface area contributed by atoms with Crippen molar-refractivity contribution >= 4 is 16.0 Å². The summed E-state index contributed by atoms with van der Waals surface area (Å²) in [7, 11) is -2.67. The molecule has 0 fully saturated rings.